The maximum atomic E-state index is 12.5. The molecule has 164 valence electrons. The van der Waals surface area contributed by atoms with Crippen molar-refractivity contribution >= 4 is 11.8 Å². The third kappa shape index (κ3) is 6.81. The Balaban J connectivity index is 1.51. The van der Waals surface area contributed by atoms with E-state index in [1.54, 1.807) is 0 Å². The molecule has 0 saturated heterocycles. The van der Waals surface area contributed by atoms with E-state index >= 15 is 0 Å². The number of hydrogen-bond acceptors (Lipinski definition) is 3. The van der Waals surface area contributed by atoms with Crippen LogP contribution in [0, 0.1) is 5.92 Å². The van der Waals surface area contributed by atoms with Crippen LogP contribution in [0.25, 0.3) is 0 Å². The summed E-state index contributed by atoms with van der Waals surface area (Å²) in [5, 5.41) is 0. The fraction of sp³-hybridized carbons (Fsp3) is 0.407. The van der Waals surface area contributed by atoms with Crippen LogP contribution in [0.1, 0.15) is 72.9 Å². The van der Waals surface area contributed by atoms with Crippen LogP contribution in [0.3, 0.4) is 0 Å². The van der Waals surface area contributed by atoms with E-state index in [1.165, 1.54) is 50.2 Å². The first-order valence-electron chi connectivity index (χ1n) is 11.4. The first kappa shape index (κ1) is 22.8. The molecule has 0 aromatic heterocycles. The highest BCUT2D eigenvalue weighted by atomic mass is 16.5. The Kier molecular flexibility index (Phi) is 8.45. The van der Waals surface area contributed by atoms with E-state index in [0.717, 1.165) is 17.9 Å². The van der Waals surface area contributed by atoms with Gasteiger partial charge in [-0.15, -0.1) is 0 Å². The Labute approximate surface area is 186 Å². The number of aliphatic imine (C=N–C) groups is 1. The minimum absolute atomic E-state index is 0.325. The van der Waals surface area contributed by atoms with Crippen molar-refractivity contribution in [2.75, 3.05) is 6.54 Å². The largest absolute Gasteiger partial charge is 0.423 e. The third-order valence-electron chi connectivity index (χ3n) is 6.20. The van der Waals surface area contributed by atoms with Gasteiger partial charge in [-0.05, 0) is 85.4 Å². The van der Waals surface area contributed by atoms with Crippen LogP contribution in [-0.2, 0) is 6.42 Å². The third-order valence-corrected chi connectivity index (χ3v) is 6.20. The fourth-order valence-electron chi connectivity index (χ4n) is 4.35. The molecule has 0 radical (unpaired) electrons. The SMILES string of the molecule is C=CC(N)=NCCc1ccc(OC(=O)c2ccc(C3CCC(CCC)CC3)cc2)cc1. The Bertz CT molecular complexity index is 876. The average molecular weight is 419 g/mol. The van der Waals surface area contributed by atoms with Crippen molar-refractivity contribution in [2.45, 2.75) is 57.8 Å². The molecule has 0 heterocycles. The minimum atomic E-state index is -0.325. The van der Waals surface area contributed by atoms with Gasteiger partial charge in [-0.25, -0.2) is 4.79 Å². The van der Waals surface area contributed by atoms with Crippen LogP contribution in [0.15, 0.2) is 66.2 Å². The molecule has 31 heavy (non-hydrogen) atoms. The number of nitrogens with zero attached hydrogens (tertiary/aromatic N) is 1. The van der Waals surface area contributed by atoms with E-state index in [9.17, 15) is 4.79 Å². The Hall–Kier alpha value is -2.88. The predicted molar refractivity (Wildman–Crippen MR) is 128 cm³/mol. The van der Waals surface area contributed by atoms with Gasteiger partial charge in [0, 0.05) is 6.54 Å². The van der Waals surface area contributed by atoms with Gasteiger partial charge >= 0.3 is 5.97 Å². The van der Waals surface area contributed by atoms with E-state index in [1.807, 2.05) is 36.4 Å². The second-order valence-electron chi connectivity index (χ2n) is 8.42. The normalized spacial score (nSPS) is 19.1. The van der Waals surface area contributed by atoms with Crippen molar-refractivity contribution in [3.05, 3.63) is 77.9 Å². The molecule has 0 spiro atoms. The molecular formula is C27H34N2O2. The zero-order chi connectivity index (χ0) is 22.1. The number of benzene rings is 2. The monoisotopic (exact) mass is 418 g/mol. The molecule has 2 N–H and O–H groups in total. The lowest BCUT2D eigenvalue weighted by Gasteiger charge is -2.28. The molecule has 0 unspecified atom stereocenters. The topological polar surface area (TPSA) is 64.7 Å². The zero-order valence-corrected chi connectivity index (χ0v) is 18.6. The molecule has 4 heteroatoms. The van der Waals surface area contributed by atoms with Gasteiger partial charge in [-0.1, -0.05) is 50.6 Å². The summed E-state index contributed by atoms with van der Waals surface area (Å²) >= 11 is 0. The van der Waals surface area contributed by atoms with Crippen molar-refractivity contribution in [1.29, 1.82) is 0 Å². The predicted octanol–water partition coefficient (Wildman–Crippen LogP) is 6.07. The number of nitrogens with two attached hydrogens (primary N) is 1. The number of hydrogen-bond donors (Lipinski definition) is 1. The van der Waals surface area contributed by atoms with Gasteiger partial charge in [0.05, 0.1) is 5.56 Å². The highest BCUT2D eigenvalue weighted by Crippen LogP contribution is 2.37. The van der Waals surface area contributed by atoms with Crippen LogP contribution in [0.4, 0.5) is 0 Å². The number of rotatable bonds is 9. The number of carbonyl (C=O) groups excluding carboxylic acids is 1. The number of esters is 1. The van der Waals surface area contributed by atoms with E-state index in [4.69, 9.17) is 10.5 Å². The van der Waals surface area contributed by atoms with Gasteiger partial charge < -0.3 is 10.5 Å². The molecule has 1 fully saturated rings. The molecular weight excluding hydrogens is 384 g/mol. The van der Waals surface area contributed by atoms with Crippen LogP contribution in [0.5, 0.6) is 5.75 Å². The molecule has 0 amide bonds. The summed E-state index contributed by atoms with van der Waals surface area (Å²) in [5.74, 6) is 2.19. The lowest BCUT2D eigenvalue weighted by atomic mass is 9.77. The summed E-state index contributed by atoms with van der Waals surface area (Å²) in [5.41, 5.74) is 8.65. The first-order chi connectivity index (χ1) is 15.1. The molecule has 2 aromatic carbocycles. The first-order valence-corrected chi connectivity index (χ1v) is 11.4. The molecule has 3 rings (SSSR count). The van der Waals surface area contributed by atoms with Crippen LogP contribution < -0.4 is 10.5 Å². The van der Waals surface area contributed by atoms with E-state index < -0.39 is 0 Å². The fourth-order valence-corrected chi connectivity index (χ4v) is 4.35. The second-order valence-corrected chi connectivity index (χ2v) is 8.42. The van der Waals surface area contributed by atoms with Crippen LogP contribution >= 0.6 is 0 Å². The summed E-state index contributed by atoms with van der Waals surface area (Å²) in [6.07, 6.45) is 10.1. The average Bonchev–Trinajstić information content (AvgIpc) is 2.81. The Morgan fingerprint density at radius 3 is 2.39 bits per heavy atom. The van der Waals surface area contributed by atoms with Crippen molar-refractivity contribution in [3.8, 4) is 5.75 Å². The van der Waals surface area contributed by atoms with Crippen molar-refractivity contribution in [2.24, 2.45) is 16.6 Å². The van der Waals surface area contributed by atoms with Gasteiger partial charge in [-0.2, -0.15) is 0 Å². The summed E-state index contributed by atoms with van der Waals surface area (Å²) < 4.78 is 5.54. The summed E-state index contributed by atoms with van der Waals surface area (Å²) in [6.45, 7) is 6.46. The van der Waals surface area contributed by atoms with E-state index in [2.05, 4.69) is 30.6 Å². The van der Waals surface area contributed by atoms with E-state index in [-0.39, 0.29) is 5.97 Å². The van der Waals surface area contributed by atoms with E-state index in [0.29, 0.717) is 29.6 Å². The molecule has 1 aliphatic rings. The summed E-state index contributed by atoms with van der Waals surface area (Å²) in [7, 11) is 0. The minimum Gasteiger partial charge on any atom is -0.423 e. The molecule has 1 aliphatic carbocycles. The highest BCUT2D eigenvalue weighted by Gasteiger charge is 2.22. The van der Waals surface area contributed by atoms with Gasteiger partial charge in [0.25, 0.3) is 0 Å². The van der Waals surface area contributed by atoms with Crippen molar-refractivity contribution in [3.63, 3.8) is 0 Å². The maximum Gasteiger partial charge on any atom is 0.343 e. The standard InChI is InChI=1S/C27H34N2O2/c1-3-5-20-6-10-22(11-7-20)23-12-14-24(15-13-23)27(30)31-25-16-8-21(9-17-25)18-19-29-26(28)4-2/h4,8-9,12-17,20,22H,2-3,5-7,10-11,18-19H2,1H3,(H2,28,29). The molecule has 4 nitrogen and oxygen atoms in total. The summed E-state index contributed by atoms with van der Waals surface area (Å²) in [4.78, 5) is 16.7. The lowest BCUT2D eigenvalue weighted by molar-refractivity contribution is 0.0734. The molecule has 1 saturated carbocycles. The lowest BCUT2D eigenvalue weighted by Crippen LogP contribution is -2.13. The smallest absolute Gasteiger partial charge is 0.343 e. The molecule has 0 bridgehead atoms. The number of amidine groups is 1. The quantitative estimate of drug-likeness (QED) is 0.233. The van der Waals surface area contributed by atoms with Crippen molar-refractivity contribution < 1.29 is 9.53 Å². The number of carbonyl (C=O) groups is 1. The van der Waals surface area contributed by atoms with Gasteiger partial charge in [0.15, 0.2) is 0 Å². The van der Waals surface area contributed by atoms with Gasteiger partial charge in [0.1, 0.15) is 11.6 Å². The van der Waals surface area contributed by atoms with Gasteiger partial charge in [-0.3, -0.25) is 4.99 Å². The van der Waals surface area contributed by atoms with Gasteiger partial charge in [0.2, 0.25) is 0 Å². The van der Waals surface area contributed by atoms with Crippen LogP contribution in [0.2, 0.25) is 0 Å². The Morgan fingerprint density at radius 1 is 1.10 bits per heavy atom. The van der Waals surface area contributed by atoms with Crippen LogP contribution in [-0.4, -0.2) is 18.3 Å². The highest BCUT2D eigenvalue weighted by molar-refractivity contribution is 5.91. The zero-order valence-electron chi connectivity index (χ0n) is 18.6. The Morgan fingerprint density at radius 2 is 1.77 bits per heavy atom. The molecule has 0 atom stereocenters. The molecule has 2 aromatic rings. The summed E-state index contributed by atoms with van der Waals surface area (Å²) in [6, 6.07) is 15.5. The van der Waals surface area contributed by atoms with Crippen molar-refractivity contribution in [1.82, 2.24) is 0 Å². The second kappa shape index (κ2) is 11.5. The number of ether oxygens (including phenoxy) is 1. The molecule has 0 aliphatic heterocycles. The maximum absolute atomic E-state index is 12.5.